The SMILES string of the molecule is CC(C)c1c[nH]c(=S)n1C1CCSC1. The lowest BCUT2D eigenvalue weighted by atomic mass is 10.1. The van der Waals surface area contributed by atoms with Crippen LogP contribution in [0.2, 0.25) is 0 Å². The normalized spacial score (nSPS) is 22.1. The van der Waals surface area contributed by atoms with Gasteiger partial charge < -0.3 is 9.55 Å². The first-order valence-electron chi connectivity index (χ1n) is 5.07. The van der Waals surface area contributed by atoms with Crippen LogP contribution in [-0.4, -0.2) is 21.1 Å². The van der Waals surface area contributed by atoms with E-state index in [1.54, 1.807) is 0 Å². The molecule has 1 aliphatic rings. The van der Waals surface area contributed by atoms with E-state index in [2.05, 4.69) is 29.6 Å². The summed E-state index contributed by atoms with van der Waals surface area (Å²) in [5.74, 6) is 3.04. The first-order chi connectivity index (χ1) is 6.70. The highest BCUT2D eigenvalue weighted by Crippen LogP contribution is 2.31. The number of aromatic nitrogens is 2. The third-order valence-corrected chi connectivity index (χ3v) is 4.16. The van der Waals surface area contributed by atoms with Gasteiger partial charge in [-0.2, -0.15) is 11.8 Å². The van der Waals surface area contributed by atoms with Gasteiger partial charge in [-0.1, -0.05) is 13.8 Å². The van der Waals surface area contributed by atoms with Gasteiger partial charge in [0.1, 0.15) is 0 Å². The van der Waals surface area contributed by atoms with E-state index in [4.69, 9.17) is 12.2 Å². The Morgan fingerprint density at radius 3 is 3.00 bits per heavy atom. The fourth-order valence-electron chi connectivity index (χ4n) is 1.94. The zero-order valence-corrected chi connectivity index (χ0v) is 10.3. The molecule has 1 saturated heterocycles. The van der Waals surface area contributed by atoms with Crippen molar-refractivity contribution in [1.82, 2.24) is 9.55 Å². The summed E-state index contributed by atoms with van der Waals surface area (Å²) in [6.45, 7) is 4.44. The molecule has 1 N–H and O–H groups in total. The van der Waals surface area contributed by atoms with Crippen LogP contribution in [0.4, 0.5) is 0 Å². The zero-order valence-electron chi connectivity index (χ0n) is 8.62. The maximum absolute atomic E-state index is 5.33. The highest BCUT2D eigenvalue weighted by atomic mass is 32.2. The number of H-pyrrole nitrogens is 1. The second-order valence-corrected chi connectivity index (χ2v) is 5.60. The topological polar surface area (TPSA) is 20.7 Å². The molecule has 78 valence electrons. The maximum Gasteiger partial charge on any atom is 0.177 e. The molecule has 2 nitrogen and oxygen atoms in total. The molecule has 0 radical (unpaired) electrons. The van der Waals surface area contributed by atoms with Gasteiger partial charge in [-0.25, -0.2) is 0 Å². The number of hydrogen-bond acceptors (Lipinski definition) is 2. The van der Waals surface area contributed by atoms with Crippen molar-refractivity contribution in [2.45, 2.75) is 32.2 Å². The number of nitrogens with zero attached hydrogens (tertiary/aromatic N) is 1. The molecule has 0 aliphatic carbocycles. The molecular weight excluding hydrogens is 212 g/mol. The van der Waals surface area contributed by atoms with Gasteiger partial charge in [-0.05, 0) is 30.3 Å². The molecular formula is C10H16N2S2. The molecule has 1 atom stereocenters. The Hall–Kier alpha value is -0.220. The van der Waals surface area contributed by atoms with E-state index < -0.39 is 0 Å². The van der Waals surface area contributed by atoms with Crippen molar-refractivity contribution in [3.63, 3.8) is 0 Å². The average molecular weight is 228 g/mol. The van der Waals surface area contributed by atoms with Crippen molar-refractivity contribution >= 4 is 24.0 Å². The van der Waals surface area contributed by atoms with Crippen LogP contribution in [0.25, 0.3) is 0 Å². The molecule has 2 heterocycles. The number of rotatable bonds is 2. The van der Waals surface area contributed by atoms with E-state index in [-0.39, 0.29) is 0 Å². The quantitative estimate of drug-likeness (QED) is 0.784. The Labute approximate surface area is 94.1 Å². The van der Waals surface area contributed by atoms with Crippen LogP contribution >= 0.6 is 24.0 Å². The van der Waals surface area contributed by atoms with Crippen LogP contribution in [0, 0.1) is 4.77 Å². The molecule has 1 aromatic heterocycles. The van der Waals surface area contributed by atoms with Crippen molar-refractivity contribution in [1.29, 1.82) is 0 Å². The predicted molar refractivity (Wildman–Crippen MR) is 64.7 cm³/mol. The molecule has 2 rings (SSSR count). The standard InChI is InChI=1S/C10H16N2S2/c1-7(2)9-5-11-10(13)12(9)8-3-4-14-6-8/h5,7-8H,3-4,6H2,1-2H3,(H,11,13). The molecule has 0 bridgehead atoms. The molecule has 0 amide bonds. The number of hydrogen-bond donors (Lipinski definition) is 1. The van der Waals surface area contributed by atoms with Crippen molar-refractivity contribution in [3.8, 4) is 0 Å². The van der Waals surface area contributed by atoms with Crippen LogP contribution < -0.4 is 0 Å². The van der Waals surface area contributed by atoms with Crippen LogP contribution in [0.5, 0.6) is 0 Å². The minimum absolute atomic E-state index is 0.550. The summed E-state index contributed by atoms with van der Waals surface area (Å²) in [6.07, 6.45) is 3.33. The van der Waals surface area contributed by atoms with Crippen molar-refractivity contribution in [3.05, 3.63) is 16.7 Å². The first kappa shape index (κ1) is 10.3. The lowest BCUT2D eigenvalue weighted by molar-refractivity contribution is 0.521. The Kier molecular flexibility index (Phi) is 3.02. The van der Waals surface area contributed by atoms with E-state index in [1.165, 1.54) is 23.6 Å². The van der Waals surface area contributed by atoms with Crippen LogP contribution in [0.1, 0.15) is 37.9 Å². The molecule has 1 unspecified atom stereocenters. The summed E-state index contributed by atoms with van der Waals surface area (Å²) in [5, 5.41) is 0. The maximum atomic E-state index is 5.33. The highest BCUT2D eigenvalue weighted by molar-refractivity contribution is 7.99. The van der Waals surface area contributed by atoms with E-state index in [0.717, 1.165) is 4.77 Å². The Bertz CT molecular complexity index is 358. The van der Waals surface area contributed by atoms with E-state index >= 15 is 0 Å². The smallest absolute Gasteiger partial charge is 0.177 e. The molecule has 1 fully saturated rings. The largest absolute Gasteiger partial charge is 0.337 e. The summed E-state index contributed by atoms with van der Waals surface area (Å²) < 4.78 is 3.21. The lowest BCUT2D eigenvalue weighted by Crippen LogP contribution is -2.12. The van der Waals surface area contributed by atoms with E-state index in [9.17, 15) is 0 Å². The molecule has 4 heteroatoms. The number of imidazole rings is 1. The van der Waals surface area contributed by atoms with Gasteiger partial charge in [0.25, 0.3) is 0 Å². The molecule has 0 spiro atoms. The van der Waals surface area contributed by atoms with Crippen molar-refractivity contribution in [2.24, 2.45) is 0 Å². The molecule has 0 saturated carbocycles. The number of aromatic amines is 1. The minimum atomic E-state index is 0.550. The Balaban J connectivity index is 2.38. The van der Waals surface area contributed by atoms with Crippen LogP contribution in [0.15, 0.2) is 6.20 Å². The lowest BCUT2D eigenvalue weighted by Gasteiger charge is -2.16. The fraction of sp³-hybridized carbons (Fsp3) is 0.700. The summed E-state index contributed by atoms with van der Waals surface area (Å²) >= 11 is 7.36. The fourth-order valence-corrected chi connectivity index (χ4v) is 3.45. The predicted octanol–water partition coefficient (Wildman–Crippen LogP) is 3.35. The summed E-state index contributed by atoms with van der Waals surface area (Å²) in [4.78, 5) is 3.16. The zero-order chi connectivity index (χ0) is 10.1. The first-order valence-corrected chi connectivity index (χ1v) is 6.64. The van der Waals surface area contributed by atoms with Crippen molar-refractivity contribution < 1.29 is 0 Å². The second kappa shape index (κ2) is 4.11. The summed E-state index contributed by atoms with van der Waals surface area (Å²) in [6, 6.07) is 0.621. The number of nitrogens with one attached hydrogen (secondary N) is 1. The van der Waals surface area contributed by atoms with Gasteiger partial charge in [0.05, 0.1) is 0 Å². The molecule has 0 aromatic carbocycles. The summed E-state index contributed by atoms with van der Waals surface area (Å²) in [5.41, 5.74) is 1.35. The van der Waals surface area contributed by atoms with Gasteiger partial charge >= 0.3 is 0 Å². The van der Waals surface area contributed by atoms with Gasteiger partial charge in [0.15, 0.2) is 4.77 Å². The average Bonchev–Trinajstić information content (AvgIpc) is 2.71. The highest BCUT2D eigenvalue weighted by Gasteiger charge is 2.21. The van der Waals surface area contributed by atoms with E-state index in [0.29, 0.717) is 12.0 Å². The summed E-state index contributed by atoms with van der Waals surface area (Å²) in [7, 11) is 0. The second-order valence-electron chi connectivity index (χ2n) is 4.06. The Morgan fingerprint density at radius 2 is 2.43 bits per heavy atom. The van der Waals surface area contributed by atoms with Crippen molar-refractivity contribution in [2.75, 3.05) is 11.5 Å². The van der Waals surface area contributed by atoms with Gasteiger partial charge in [-0.3, -0.25) is 0 Å². The third-order valence-electron chi connectivity index (χ3n) is 2.70. The third kappa shape index (κ3) is 1.77. The molecule has 1 aliphatic heterocycles. The van der Waals surface area contributed by atoms with Crippen LogP contribution in [-0.2, 0) is 0 Å². The van der Waals surface area contributed by atoms with Gasteiger partial charge in [0, 0.05) is 23.7 Å². The van der Waals surface area contributed by atoms with Gasteiger partial charge in [0.2, 0.25) is 0 Å². The Morgan fingerprint density at radius 1 is 1.64 bits per heavy atom. The molecule has 14 heavy (non-hydrogen) atoms. The van der Waals surface area contributed by atoms with Crippen LogP contribution in [0.3, 0.4) is 0 Å². The number of thioether (sulfide) groups is 1. The molecule has 1 aromatic rings. The van der Waals surface area contributed by atoms with E-state index in [1.807, 2.05) is 11.8 Å². The monoisotopic (exact) mass is 228 g/mol. The van der Waals surface area contributed by atoms with Gasteiger partial charge in [-0.15, -0.1) is 0 Å². The minimum Gasteiger partial charge on any atom is -0.337 e.